The molecule has 0 bridgehead atoms. The van der Waals surface area contributed by atoms with Gasteiger partial charge in [-0.3, -0.25) is 14.5 Å². The summed E-state index contributed by atoms with van der Waals surface area (Å²) in [5.41, 5.74) is 6.54. The summed E-state index contributed by atoms with van der Waals surface area (Å²) in [5, 5.41) is 4.14. The van der Waals surface area contributed by atoms with Gasteiger partial charge >= 0.3 is 0 Å². The van der Waals surface area contributed by atoms with Gasteiger partial charge in [-0.25, -0.2) is 0 Å². The van der Waals surface area contributed by atoms with Crippen LogP contribution in [0.4, 0.5) is 0 Å². The van der Waals surface area contributed by atoms with E-state index in [1.807, 2.05) is 10.3 Å². The number of hydrogen-bond donors (Lipinski definition) is 1. The predicted molar refractivity (Wildman–Crippen MR) is 81.6 cm³/mol. The molecular weight excluding hydrogens is 286 g/mol. The first kappa shape index (κ1) is 14.5. The molecule has 1 atom stereocenters. The average molecular weight is 307 g/mol. The molecule has 2 N–H and O–H groups in total. The fraction of sp³-hybridized carbons (Fsp3) is 0.600. The molecule has 1 aliphatic heterocycles. The van der Waals surface area contributed by atoms with Crippen molar-refractivity contribution in [1.29, 1.82) is 0 Å². The van der Waals surface area contributed by atoms with E-state index in [-0.39, 0.29) is 17.7 Å². The molecule has 2 aliphatic rings. The number of hydrogen-bond acceptors (Lipinski definition) is 4. The van der Waals surface area contributed by atoms with Gasteiger partial charge in [0, 0.05) is 19.1 Å². The van der Waals surface area contributed by atoms with Crippen molar-refractivity contribution < 1.29 is 9.59 Å². The Morgan fingerprint density at radius 3 is 2.76 bits per heavy atom. The van der Waals surface area contributed by atoms with Crippen LogP contribution in [0.5, 0.6) is 0 Å². The van der Waals surface area contributed by atoms with Crippen molar-refractivity contribution in [2.75, 3.05) is 19.6 Å². The van der Waals surface area contributed by atoms with Gasteiger partial charge in [0.2, 0.25) is 11.8 Å². The molecule has 2 amide bonds. The van der Waals surface area contributed by atoms with E-state index in [1.54, 1.807) is 11.3 Å². The molecule has 0 aromatic carbocycles. The molecule has 1 aromatic rings. The molecule has 1 saturated carbocycles. The van der Waals surface area contributed by atoms with Crippen molar-refractivity contribution in [2.45, 2.75) is 31.8 Å². The number of amides is 2. The van der Waals surface area contributed by atoms with E-state index in [1.165, 1.54) is 5.56 Å². The highest BCUT2D eigenvalue weighted by Gasteiger charge is 2.34. The first-order chi connectivity index (χ1) is 10.1. The highest BCUT2D eigenvalue weighted by molar-refractivity contribution is 7.07. The van der Waals surface area contributed by atoms with Crippen LogP contribution in [0.3, 0.4) is 0 Å². The lowest BCUT2D eigenvalue weighted by Gasteiger charge is -2.25. The van der Waals surface area contributed by atoms with E-state index in [0.717, 1.165) is 25.8 Å². The summed E-state index contributed by atoms with van der Waals surface area (Å²) in [6.07, 6.45) is 3.00. The minimum Gasteiger partial charge on any atom is -0.369 e. The van der Waals surface area contributed by atoms with Gasteiger partial charge in [0.15, 0.2) is 0 Å². The first-order valence-corrected chi connectivity index (χ1v) is 8.40. The summed E-state index contributed by atoms with van der Waals surface area (Å²) < 4.78 is 0. The summed E-state index contributed by atoms with van der Waals surface area (Å²) in [6, 6.07) is 2.48. The monoisotopic (exact) mass is 307 g/mol. The minimum atomic E-state index is -0.248. The molecule has 0 spiro atoms. The SMILES string of the molecule is NC(=O)[C@H]1CCN(CC(=O)N(Cc2ccsc2)C2CC2)C1. The van der Waals surface area contributed by atoms with Crippen LogP contribution >= 0.6 is 11.3 Å². The van der Waals surface area contributed by atoms with E-state index in [4.69, 9.17) is 5.73 Å². The summed E-state index contributed by atoms with van der Waals surface area (Å²) in [6.45, 7) is 2.53. The number of nitrogens with two attached hydrogens (primary N) is 1. The molecule has 0 radical (unpaired) electrons. The lowest BCUT2D eigenvalue weighted by Crippen LogP contribution is -2.40. The van der Waals surface area contributed by atoms with E-state index < -0.39 is 0 Å². The van der Waals surface area contributed by atoms with Crippen molar-refractivity contribution in [1.82, 2.24) is 9.80 Å². The summed E-state index contributed by atoms with van der Waals surface area (Å²) in [5.74, 6) is -0.167. The van der Waals surface area contributed by atoms with Crippen LogP contribution < -0.4 is 5.73 Å². The molecule has 2 heterocycles. The van der Waals surface area contributed by atoms with Crippen molar-refractivity contribution in [3.05, 3.63) is 22.4 Å². The van der Waals surface area contributed by atoms with E-state index in [0.29, 0.717) is 25.7 Å². The molecule has 3 rings (SSSR count). The van der Waals surface area contributed by atoms with Crippen LogP contribution in [0, 0.1) is 5.92 Å². The molecule has 5 nitrogen and oxygen atoms in total. The van der Waals surface area contributed by atoms with E-state index in [2.05, 4.69) is 16.3 Å². The molecule has 1 aliphatic carbocycles. The minimum absolute atomic E-state index is 0.0935. The van der Waals surface area contributed by atoms with Gasteiger partial charge in [-0.15, -0.1) is 0 Å². The molecule has 114 valence electrons. The Labute approximate surface area is 128 Å². The smallest absolute Gasteiger partial charge is 0.237 e. The first-order valence-electron chi connectivity index (χ1n) is 7.45. The van der Waals surface area contributed by atoms with Gasteiger partial charge in [-0.1, -0.05) is 0 Å². The van der Waals surface area contributed by atoms with Gasteiger partial charge in [-0.05, 0) is 48.2 Å². The Bertz CT molecular complexity index is 513. The summed E-state index contributed by atoms with van der Waals surface area (Å²) >= 11 is 1.66. The van der Waals surface area contributed by atoms with Crippen LogP contribution in [0.15, 0.2) is 16.8 Å². The number of rotatable bonds is 6. The molecule has 6 heteroatoms. The average Bonchev–Trinajstić information content (AvgIpc) is 2.97. The summed E-state index contributed by atoms with van der Waals surface area (Å²) in [7, 11) is 0. The Morgan fingerprint density at radius 2 is 2.19 bits per heavy atom. The highest BCUT2D eigenvalue weighted by atomic mass is 32.1. The van der Waals surface area contributed by atoms with Crippen LogP contribution in [-0.4, -0.2) is 47.3 Å². The fourth-order valence-corrected chi connectivity index (χ4v) is 3.54. The van der Waals surface area contributed by atoms with E-state index >= 15 is 0 Å². The quantitative estimate of drug-likeness (QED) is 0.854. The molecule has 1 aromatic heterocycles. The lowest BCUT2D eigenvalue weighted by atomic mass is 10.1. The van der Waals surface area contributed by atoms with Crippen molar-refractivity contribution in [3.8, 4) is 0 Å². The Balaban J connectivity index is 1.56. The van der Waals surface area contributed by atoms with Crippen LogP contribution in [-0.2, 0) is 16.1 Å². The largest absolute Gasteiger partial charge is 0.369 e. The number of carbonyl (C=O) groups excluding carboxylic acids is 2. The normalized spacial score (nSPS) is 22.4. The van der Waals surface area contributed by atoms with Gasteiger partial charge in [0.05, 0.1) is 12.5 Å². The molecular formula is C15H21N3O2S. The van der Waals surface area contributed by atoms with Gasteiger partial charge in [0.1, 0.15) is 0 Å². The van der Waals surface area contributed by atoms with Gasteiger partial charge in [0.25, 0.3) is 0 Å². The predicted octanol–water partition coefficient (Wildman–Crippen LogP) is 1.05. The van der Waals surface area contributed by atoms with Crippen LogP contribution in [0.1, 0.15) is 24.8 Å². The summed E-state index contributed by atoms with van der Waals surface area (Å²) in [4.78, 5) is 27.8. The Hall–Kier alpha value is -1.40. The number of primary amides is 1. The fourth-order valence-electron chi connectivity index (χ4n) is 2.88. The Morgan fingerprint density at radius 1 is 1.38 bits per heavy atom. The van der Waals surface area contributed by atoms with E-state index in [9.17, 15) is 9.59 Å². The molecule has 2 fully saturated rings. The second kappa shape index (κ2) is 6.15. The second-order valence-electron chi connectivity index (χ2n) is 6.01. The molecule has 21 heavy (non-hydrogen) atoms. The van der Waals surface area contributed by atoms with Crippen molar-refractivity contribution >= 4 is 23.2 Å². The third kappa shape index (κ3) is 3.63. The second-order valence-corrected chi connectivity index (χ2v) is 6.79. The standard InChI is InChI=1S/C15H21N3O2S/c16-15(20)12-3-5-17(8-12)9-14(19)18(13-1-2-13)7-11-4-6-21-10-11/h4,6,10,12-13H,1-3,5,7-9H2,(H2,16,20)/t12-/m0/s1. The van der Waals surface area contributed by atoms with Crippen LogP contribution in [0.25, 0.3) is 0 Å². The molecule has 1 saturated heterocycles. The zero-order chi connectivity index (χ0) is 14.8. The maximum atomic E-state index is 12.6. The zero-order valence-electron chi connectivity index (χ0n) is 12.0. The number of nitrogens with zero attached hydrogens (tertiary/aromatic N) is 2. The molecule has 0 unspecified atom stereocenters. The van der Waals surface area contributed by atoms with Gasteiger partial charge in [-0.2, -0.15) is 11.3 Å². The topological polar surface area (TPSA) is 66.6 Å². The highest BCUT2D eigenvalue weighted by Crippen LogP contribution is 2.29. The van der Waals surface area contributed by atoms with Crippen molar-refractivity contribution in [3.63, 3.8) is 0 Å². The maximum absolute atomic E-state index is 12.6. The van der Waals surface area contributed by atoms with Gasteiger partial charge < -0.3 is 10.6 Å². The number of carbonyl (C=O) groups is 2. The number of likely N-dealkylation sites (tertiary alicyclic amines) is 1. The lowest BCUT2D eigenvalue weighted by molar-refractivity contribution is -0.133. The third-order valence-corrected chi connectivity index (χ3v) is 5.01. The third-order valence-electron chi connectivity index (χ3n) is 4.27. The zero-order valence-corrected chi connectivity index (χ0v) is 12.8. The number of thiophene rings is 1. The van der Waals surface area contributed by atoms with Crippen molar-refractivity contribution in [2.24, 2.45) is 11.7 Å². The maximum Gasteiger partial charge on any atom is 0.237 e. The Kier molecular flexibility index (Phi) is 4.26. The van der Waals surface area contributed by atoms with Crippen LogP contribution in [0.2, 0.25) is 0 Å².